The number of nitrogens with zero attached hydrogens (tertiary/aromatic N) is 1. The van der Waals surface area contributed by atoms with Gasteiger partial charge in [-0.15, -0.1) is 0 Å². The first kappa shape index (κ1) is 12.2. The molecule has 0 fully saturated rings. The number of methoxy groups -OCH3 is 1. The number of aromatic nitrogens is 1. The molecule has 3 heteroatoms. The molecule has 2 rings (SSSR count). The largest absolute Gasteiger partial charge is 0.481 e. The number of halogens is 1. The number of hydrogen-bond donors (Lipinski definition) is 0. The first-order valence-electron chi connectivity index (χ1n) is 5.68. The molecule has 0 bridgehead atoms. The summed E-state index contributed by atoms with van der Waals surface area (Å²) in [6.07, 6.45) is 1.64. The molecule has 2 aromatic rings. The van der Waals surface area contributed by atoms with Gasteiger partial charge >= 0.3 is 0 Å². The number of ether oxygens (including phenoxy) is 1. The van der Waals surface area contributed by atoms with E-state index in [-0.39, 0.29) is 0 Å². The summed E-state index contributed by atoms with van der Waals surface area (Å²) < 4.78 is 5.36. The van der Waals surface area contributed by atoms with Gasteiger partial charge in [0.15, 0.2) is 0 Å². The highest BCUT2D eigenvalue weighted by molar-refractivity contribution is 6.35. The Hall–Kier alpha value is -1.28. The number of benzene rings is 1. The maximum atomic E-state index is 6.20. The normalized spacial score (nSPS) is 11.2. The average molecular weight is 250 g/mol. The average Bonchev–Trinajstić information content (AvgIpc) is 2.28. The third-order valence-corrected chi connectivity index (χ3v) is 3.30. The van der Waals surface area contributed by atoms with Crippen molar-refractivity contribution in [3.05, 3.63) is 34.5 Å². The Balaban J connectivity index is 2.95. The Kier molecular flexibility index (Phi) is 3.25. The van der Waals surface area contributed by atoms with Gasteiger partial charge in [0.1, 0.15) is 0 Å². The fraction of sp³-hybridized carbons (Fsp3) is 0.357. The van der Waals surface area contributed by atoms with Crippen LogP contribution in [-0.2, 0) is 0 Å². The Labute approximate surface area is 107 Å². The van der Waals surface area contributed by atoms with E-state index in [1.54, 1.807) is 13.3 Å². The summed E-state index contributed by atoms with van der Waals surface area (Å²) >= 11 is 6.20. The molecule has 0 atom stereocenters. The third-order valence-electron chi connectivity index (χ3n) is 3.00. The SMILES string of the molecule is COc1ncc(Cl)c2ccc(C)c(C(C)C)c12. The predicted molar refractivity (Wildman–Crippen MR) is 72.1 cm³/mol. The Morgan fingerprint density at radius 1 is 1.29 bits per heavy atom. The van der Waals surface area contributed by atoms with E-state index in [9.17, 15) is 0 Å². The second-order valence-corrected chi connectivity index (χ2v) is 4.90. The number of pyridine rings is 1. The monoisotopic (exact) mass is 249 g/mol. The molecule has 0 amide bonds. The molecule has 0 N–H and O–H groups in total. The van der Waals surface area contributed by atoms with Crippen molar-refractivity contribution >= 4 is 22.4 Å². The number of hydrogen-bond acceptors (Lipinski definition) is 2. The first-order valence-corrected chi connectivity index (χ1v) is 6.05. The van der Waals surface area contributed by atoms with E-state index in [1.165, 1.54) is 11.1 Å². The zero-order valence-corrected chi connectivity index (χ0v) is 11.3. The second-order valence-electron chi connectivity index (χ2n) is 4.49. The second kappa shape index (κ2) is 4.53. The van der Waals surface area contributed by atoms with Crippen LogP contribution in [0.3, 0.4) is 0 Å². The molecule has 0 radical (unpaired) electrons. The van der Waals surface area contributed by atoms with Gasteiger partial charge in [-0.05, 0) is 24.0 Å². The van der Waals surface area contributed by atoms with Crippen LogP contribution in [0, 0.1) is 6.92 Å². The van der Waals surface area contributed by atoms with Gasteiger partial charge < -0.3 is 4.74 Å². The van der Waals surface area contributed by atoms with Crippen molar-refractivity contribution in [3.63, 3.8) is 0 Å². The molecule has 0 saturated heterocycles. The van der Waals surface area contributed by atoms with Crippen molar-refractivity contribution in [1.82, 2.24) is 4.98 Å². The Morgan fingerprint density at radius 3 is 2.59 bits per heavy atom. The van der Waals surface area contributed by atoms with Crippen LogP contribution >= 0.6 is 11.6 Å². The molecule has 90 valence electrons. The van der Waals surface area contributed by atoms with Gasteiger partial charge in [0.05, 0.1) is 18.3 Å². The van der Waals surface area contributed by atoms with E-state index in [1.807, 2.05) is 6.07 Å². The summed E-state index contributed by atoms with van der Waals surface area (Å²) in [6.45, 7) is 6.44. The lowest BCUT2D eigenvalue weighted by molar-refractivity contribution is 0.403. The minimum Gasteiger partial charge on any atom is -0.481 e. The molecule has 1 heterocycles. The van der Waals surface area contributed by atoms with Crippen molar-refractivity contribution in [2.75, 3.05) is 7.11 Å². The molecule has 2 nitrogen and oxygen atoms in total. The maximum Gasteiger partial charge on any atom is 0.221 e. The smallest absolute Gasteiger partial charge is 0.221 e. The molecule has 0 aliphatic rings. The maximum absolute atomic E-state index is 6.20. The molecule has 0 saturated carbocycles. The van der Waals surface area contributed by atoms with Gasteiger partial charge in [-0.3, -0.25) is 0 Å². The van der Waals surface area contributed by atoms with Crippen LogP contribution in [-0.4, -0.2) is 12.1 Å². The topological polar surface area (TPSA) is 22.1 Å². The van der Waals surface area contributed by atoms with E-state index < -0.39 is 0 Å². The van der Waals surface area contributed by atoms with Gasteiger partial charge in [-0.1, -0.05) is 37.6 Å². The standard InChI is InChI=1S/C14H16ClNO/c1-8(2)12-9(3)5-6-10-11(15)7-16-14(17-4)13(10)12/h5-8H,1-4H3. The highest BCUT2D eigenvalue weighted by Gasteiger charge is 2.15. The number of aryl methyl sites for hydroxylation is 1. The minimum absolute atomic E-state index is 0.410. The van der Waals surface area contributed by atoms with E-state index >= 15 is 0 Å². The summed E-state index contributed by atoms with van der Waals surface area (Å²) in [5, 5.41) is 2.71. The molecular weight excluding hydrogens is 234 g/mol. The highest BCUT2D eigenvalue weighted by atomic mass is 35.5. The van der Waals surface area contributed by atoms with Crippen LogP contribution in [0.1, 0.15) is 30.9 Å². The predicted octanol–water partition coefficient (Wildman–Crippen LogP) is 4.33. The number of fused-ring (bicyclic) bond motifs is 1. The first-order chi connectivity index (χ1) is 8.06. The molecular formula is C14H16ClNO. The number of rotatable bonds is 2. The molecule has 0 spiro atoms. The molecule has 17 heavy (non-hydrogen) atoms. The molecule has 1 aromatic carbocycles. The van der Waals surface area contributed by atoms with Crippen LogP contribution in [0.25, 0.3) is 10.8 Å². The summed E-state index contributed by atoms with van der Waals surface area (Å²) in [5.41, 5.74) is 2.50. The van der Waals surface area contributed by atoms with E-state index in [0.29, 0.717) is 16.8 Å². The van der Waals surface area contributed by atoms with Crippen LogP contribution in [0.5, 0.6) is 5.88 Å². The van der Waals surface area contributed by atoms with Crippen molar-refractivity contribution in [1.29, 1.82) is 0 Å². The van der Waals surface area contributed by atoms with Crippen LogP contribution in [0.2, 0.25) is 5.02 Å². The lowest BCUT2D eigenvalue weighted by Gasteiger charge is -2.16. The fourth-order valence-corrected chi connectivity index (χ4v) is 2.51. The molecule has 0 aliphatic carbocycles. The van der Waals surface area contributed by atoms with E-state index in [4.69, 9.17) is 16.3 Å². The minimum atomic E-state index is 0.410. The van der Waals surface area contributed by atoms with E-state index in [2.05, 4.69) is 31.8 Å². The zero-order valence-electron chi connectivity index (χ0n) is 10.5. The van der Waals surface area contributed by atoms with Crippen molar-refractivity contribution in [2.45, 2.75) is 26.7 Å². The third kappa shape index (κ3) is 1.98. The summed E-state index contributed by atoms with van der Waals surface area (Å²) in [5.74, 6) is 1.06. The van der Waals surface area contributed by atoms with Gasteiger partial charge in [0.25, 0.3) is 0 Å². The molecule has 0 unspecified atom stereocenters. The lowest BCUT2D eigenvalue weighted by Crippen LogP contribution is -1.98. The van der Waals surface area contributed by atoms with Crippen LogP contribution < -0.4 is 4.74 Å². The van der Waals surface area contributed by atoms with Crippen molar-refractivity contribution < 1.29 is 4.74 Å². The van der Waals surface area contributed by atoms with Crippen molar-refractivity contribution in [2.24, 2.45) is 0 Å². The lowest BCUT2D eigenvalue weighted by atomic mass is 9.92. The molecule has 0 aliphatic heterocycles. The Bertz CT molecular complexity index is 564. The van der Waals surface area contributed by atoms with Gasteiger partial charge in [-0.25, -0.2) is 4.98 Å². The fourth-order valence-electron chi connectivity index (χ4n) is 2.30. The quantitative estimate of drug-likeness (QED) is 0.790. The van der Waals surface area contributed by atoms with Gasteiger partial charge in [-0.2, -0.15) is 0 Å². The highest BCUT2D eigenvalue weighted by Crippen LogP contribution is 2.36. The van der Waals surface area contributed by atoms with Gasteiger partial charge in [0.2, 0.25) is 5.88 Å². The van der Waals surface area contributed by atoms with Crippen LogP contribution in [0.15, 0.2) is 18.3 Å². The summed E-state index contributed by atoms with van der Waals surface area (Å²) in [7, 11) is 1.64. The van der Waals surface area contributed by atoms with Gasteiger partial charge in [0, 0.05) is 10.8 Å². The molecule has 1 aromatic heterocycles. The van der Waals surface area contributed by atoms with Crippen LogP contribution in [0.4, 0.5) is 0 Å². The van der Waals surface area contributed by atoms with Crippen molar-refractivity contribution in [3.8, 4) is 5.88 Å². The Morgan fingerprint density at radius 2 is 2.00 bits per heavy atom. The zero-order chi connectivity index (χ0) is 12.6. The summed E-state index contributed by atoms with van der Waals surface area (Å²) in [6, 6.07) is 4.13. The van der Waals surface area contributed by atoms with E-state index in [0.717, 1.165) is 10.8 Å². The summed E-state index contributed by atoms with van der Waals surface area (Å²) in [4.78, 5) is 4.25.